The molecule has 0 bridgehead atoms. The molecular weight excluding hydrogens is 435 g/mol. The maximum absolute atomic E-state index is 14.8. The Morgan fingerprint density at radius 2 is 1.85 bits per heavy atom. The molecule has 0 spiro atoms. The summed E-state index contributed by atoms with van der Waals surface area (Å²) in [5.74, 6) is 0.551. The molecule has 2 atom stereocenters. The maximum atomic E-state index is 14.8. The SMILES string of the molecule is COc1cccc(CN2CCCC[C@@H]3[C@H](OC)CCCN3C(=O)c3ccccc3OCC2)c1F. The van der Waals surface area contributed by atoms with E-state index in [4.69, 9.17) is 14.2 Å². The molecule has 0 aliphatic carbocycles. The molecule has 6 nitrogen and oxygen atoms in total. The van der Waals surface area contributed by atoms with E-state index in [1.54, 1.807) is 19.2 Å². The van der Waals surface area contributed by atoms with Crippen molar-refractivity contribution in [2.75, 3.05) is 40.5 Å². The molecule has 0 saturated carbocycles. The van der Waals surface area contributed by atoms with Crippen molar-refractivity contribution in [2.45, 2.75) is 50.8 Å². The topological polar surface area (TPSA) is 51.2 Å². The zero-order valence-electron chi connectivity index (χ0n) is 20.2. The Labute approximate surface area is 201 Å². The number of methoxy groups -OCH3 is 2. The lowest BCUT2D eigenvalue weighted by Crippen LogP contribution is -2.51. The predicted molar refractivity (Wildman–Crippen MR) is 129 cm³/mol. The highest BCUT2D eigenvalue weighted by molar-refractivity contribution is 5.97. The van der Waals surface area contributed by atoms with Gasteiger partial charge < -0.3 is 19.1 Å². The second kappa shape index (κ2) is 11.7. The molecule has 1 saturated heterocycles. The summed E-state index contributed by atoms with van der Waals surface area (Å²) in [4.78, 5) is 17.8. The summed E-state index contributed by atoms with van der Waals surface area (Å²) in [6, 6.07) is 12.8. The molecule has 7 heteroatoms. The van der Waals surface area contributed by atoms with Crippen molar-refractivity contribution < 1.29 is 23.4 Å². The lowest BCUT2D eigenvalue weighted by atomic mass is 9.93. The summed E-state index contributed by atoms with van der Waals surface area (Å²) in [5.41, 5.74) is 1.20. The summed E-state index contributed by atoms with van der Waals surface area (Å²) in [6.07, 6.45) is 4.74. The number of halogens is 1. The Morgan fingerprint density at radius 1 is 1.00 bits per heavy atom. The summed E-state index contributed by atoms with van der Waals surface area (Å²) in [5, 5.41) is 0. The van der Waals surface area contributed by atoms with Crippen LogP contribution in [0, 0.1) is 5.82 Å². The highest BCUT2D eigenvalue weighted by atomic mass is 19.1. The average Bonchev–Trinajstić information content (AvgIpc) is 2.87. The Morgan fingerprint density at radius 3 is 2.68 bits per heavy atom. The second-order valence-corrected chi connectivity index (χ2v) is 9.03. The summed E-state index contributed by atoms with van der Waals surface area (Å²) < 4.78 is 31.8. The third-order valence-electron chi connectivity index (χ3n) is 6.94. The van der Waals surface area contributed by atoms with Crippen molar-refractivity contribution in [3.63, 3.8) is 0 Å². The fourth-order valence-electron chi connectivity index (χ4n) is 5.13. The van der Waals surface area contributed by atoms with Crippen LogP contribution in [0.25, 0.3) is 0 Å². The molecule has 4 rings (SSSR count). The van der Waals surface area contributed by atoms with Crippen LogP contribution >= 0.6 is 0 Å². The van der Waals surface area contributed by atoms with Crippen molar-refractivity contribution in [1.82, 2.24) is 9.80 Å². The molecular formula is C27H35FN2O4. The van der Waals surface area contributed by atoms with Gasteiger partial charge in [0.25, 0.3) is 5.91 Å². The van der Waals surface area contributed by atoms with Gasteiger partial charge >= 0.3 is 0 Å². The number of carbonyl (C=O) groups excluding carboxylic acids is 1. The second-order valence-electron chi connectivity index (χ2n) is 9.03. The van der Waals surface area contributed by atoms with Crippen LogP contribution in [0.1, 0.15) is 48.0 Å². The number of hydrogen-bond donors (Lipinski definition) is 0. The van der Waals surface area contributed by atoms with Crippen LogP contribution in [-0.2, 0) is 11.3 Å². The molecule has 1 fully saturated rings. The van der Waals surface area contributed by atoms with Crippen molar-refractivity contribution in [3.05, 3.63) is 59.4 Å². The van der Waals surface area contributed by atoms with Gasteiger partial charge in [-0.25, -0.2) is 4.39 Å². The molecule has 0 N–H and O–H groups in total. The average molecular weight is 471 g/mol. The van der Waals surface area contributed by atoms with Crippen molar-refractivity contribution in [3.8, 4) is 11.5 Å². The van der Waals surface area contributed by atoms with Crippen LogP contribution in [0.15, 0.2) is 42.5 Å². The number of carbonyl (C=O) groups is 1. The van der Waals surface area contributed by atoms with Gasteiger partial charge in [0.05, 0.1) is 24.8 Å². The molecule has 184 valence electrons. The van der Waals surface area contributed by atoms with E-state index in [9.17, 15) is 9.18 Å². The van der Waals surface area contributed by atoms with E-state index in [2.05, 4.69) is 4.90 Å². The lowest BCUT2D eigenvalue weighted by molar-refractivity contribution is -0.0155. The Hall–Kier alpha value is -2.64. The molecule has 2 aromatic rings. The van der Waals surface area contributed by atoms with Gasteiger partial charge in [0.15, 0.2) is 11.6 Å². The van der Waals surface area contributed by atoms with E-state index in [0.29, 0.717) is 36.6 Å². The molecule has 2 aromatic carbocycles. The number of hydrogen-bond acceptors (Lipinski definition) is 5. The number of ether oxygens (including phenoxy) is 3. The van der Waals surface area contributed by atoms with Gasteiger partial charge in [0, 0.05) is 32.3 Å². The minimum Gasteiger partial charge on any atom is -0.494 e. The van der Waals surface area contributed by atoms with Gasteiger partial charge in [-0.3, -0.25) is 9.69 Å². The summed E-state index contributed by atoms with van der Waals surface area (Å²) >= 11 is 0. The highest BCUT2D eigenvalue weighted by Gasteiger charge is 2.35. The van der Waals surface area contributed by atoms with Crippen LogP contribution < -0.4 is 9.47 Å². The van der Waals surface area contributed by atoms with Gasteiger partial charge in [0.1, 0.15) is 12.4 Å². The monoisotopic (exact) mass is 470 g/mol. The first-order valence-electron chi connectivity index (χ1n) is 12.2. The fraction of sp³-hybridized carbons (Fsp3) is 0.519. The summed E-state index contributed by atoms with van der Waals surface area (Å²) in [6.45, 7) is 3.08. The molecule has 0 aromatic heterocycles. The van der Waals surface area contributed by atoms with Gasteiger partial charge in [-0.2, -0.15) is 0 Å². The largest absolute Gasteiger partial charge is 0.494 e. The maximum Gasteiger partial charge on any atom is 0.257 e. The minimum atomic E-state index is -0.314. The van der Waals surface area contributed by atoms with E-state index in [1.807, 2.05) is 35.2 Å². The molecule has 0 unspecified atom stereocenters. The Kier molecular flexibility index (Phi) is 8.40. The third kappa shape index (κ3) is 5.53. The number of piperidine rings is 1. The third-order valence-corrected chi connectivity index (χ3v) is 6.94. The number of fused-ring (bicyclic) bond motifs is 2. The molecule has 0 radical (unpaired) electrons. The number of benzene rings is 2. The van der Waals surface area contributed by atoms with Crippen LogP contribution in [0.3, 0.4) is 0 Å². The van der Waals surface area contributed by atoms with E-state index in [1.165, 1.54) is 7.11 Å². The van der Waals surface area contributed by atoms with Gasteiger partial charge in [-0.15, -0.1) is 0 Å². The fourth-order valence-corrected chi connectivity index (χ4v) is 5.13. The molecule has 1 amide bonds. The summed E-state index contributed by atoms with van der Waals surface area (Å²) in [7, 11) is 3.22. The molecule has 34 heavy (non-hydrogen) atoms. The van der Waals surface area contributed by atoms with Crippen molar-refractivity contribution in [1.29, 1.82) is 0 Å². The quantitative estimate of drug-likeness (QED) is 0.658. The highest BCUT2D eigenvalue weighted by Crippen LogP contribution is 2.29. The number of rotatable bonds is 4. The van der Waals surface area contributed by atoms with E-state index >= 15 is 0 Å². The lowest BCUT2D eigenvalue weighted by Gasteiger charge is -2.41. The van der Waals surface area contributed by atoms with Crippen LogP contribution in [0.5, 0.6) is 11.5 Å². The molecule has 2 aliphatic heterocycles. The van der Waals surface area contributed by atoms with Crippen LogP contribution in [-0.4, -0.2) is 68.3 Å². The van der Waals surface area contributed by atoms with Crippen molar-refractivity contribution >= 4 is 5.91 Å². The van der Waals surface area contributed by atoms with Crippen LogP contribution in [0.4, 0.5) is 4.39 Å². The first kappa shape index (κ1) is 24.5. The van der Waals surface area contributed by atoms with Gasteiger partial charge in [-0.1, -0.05) is 30.7 Å². The van der Waals surface area contributed by atoms with E-state index in [-0.39, 0.29) is 29.6 Å². The number of para-hydroxylation sites is 1. The van der Waals surface area contributed by atoms with E-state index < -0.39 is 0 Å². The molecule has 2 aliphatic rings. The first-order valence-corrected chi connectivity index (χ1v) is 12.2. The van der Waals surface area contributed by atoms with Crippen LogP contribution in [0.2, 0.25) is 0 Å². The Bertz CT molecular complexity index is 969. The minimum absolute atomic E-state index is 0.0110. The first-order chi connectivity index (χ1) is 16.6. The zero-order chi connectivity index (χ0) is 23.9. The molecule has 2 heterocycles. The van der Waals surface area contributed by atoms with E-state index in [0.717, 1.165) is 45.2 Å². The zero-order valence-corrected chi connectivity index (χ0v) is 20.2. The normalized spacial score (nSPS) is 22.4. The van der Waals surface area contributed by atoms with Crippen molar-refractivity contribution in [2.24, 2.45) is 0 Å². The van der Waals surface area contributed by atoms with Gasteiger partial charge in [-0.05, 0) is 50.4 Å². The predicted octanol–water partition coefficient (Wildman–Crippen LogP) is 4.52. The number of nitrogens with zero attached hydrogens (tertiary/aromatic N) is 2. The standard InChI is InChI=1S/C27H35FN2O4/c1-32-24-14-8-16-30-22(24)11-5-6-15-29(19-20-9-7-13-25(33-2)26(20)28)17-18-34-23-12-4-3-10-21(23)27(30)31/h3-4,7,9-10,12-13,22,24H,5-6,8,11,14-19H2,1-2H3/t22-,24-/m1/s1. The number of amides is 1. The van der Waals surface area contributed by atoms with Gasteiger partial charge in [0.2, 0.25) is 0 Å². The smallest absolute Gasteiger partial charge is 0.257 e. The Balaban J connectivity index is 1.56.